The van der Waals surface area contributed by atoms with Gasteiger partial charge < -0.3 is 5.32 Å². The van der Waals surface area contributed by atoms with Crippen LogP contribution in [0, 0.1) is 18.8 Å². The monoisotopic (exact) mass is 370 g/mol. The summed E-state index contributed by atoms with van der Waals surface area (Å²) >= 11 is 6.01. The molecule has 0 heterocycles. The minimum atomic E-state index is -3.58. The molecule has 3 rings (SSSR count). The van der Waals surface area contributed by atoms with E-state index in [-0.39, 0.29) is 18.5 Å². The number of fused-ring (bicyclic) bond motifs is 2. The first-order chi connectivity index (χ1) is 11.2. The summed E-state index contributed by atoms with van der Waals surface area (Å²) in [5.41, 5.74) is 1.21. The molecule has 2 saturated carbocycles. The van der Waals surface area contributed by atoms with Gasteiger partial charge in [0.15, 0.2) is 0 Å². The van der Waals surface area contributed by atoms with Crippen LogP contribution in [-0.4, -0.2) is 33.2 Å². The lowest BCUT2D eigenvalue weighted by molar-refractivity contribution is -0.120. The normalized spacial score (nSPS) is 25.7. The smallest absolute Gasteiger partial charge is 0.241 e. The molecule has 2 aliphatic rings. The van der Waals surface area contributed by atoms with Crippen LogP contribution >= 0.6 is 11.6 Å². The number of carbonyl (C=O) groups is 1. The molecule has 0 saturated heterocycles. The number of halogens is 1. The third-order valence-corrected chi connectivity index (χ3v) is 6.57. The second-order valence-electron chi connectivity index (χ2n) is 7.05. The van der Waals surface area contributed by atoms with Crippen LogP contribution in [0.5, 0.6) is 0 Å². The second kappa shape index (κ2) is 6.56. The Labute approximate surface area is 148 Å². The molecule has 7 heteroatoms. The Kier molecular flexibility index (Phi) is 4.80. The maximum Gasteiger partial charge on any atom is 0.241 e. The Bertz CT molecular complexity index is 750. The lowest BCUT2D eigenvalue weighted by Crippen LogP contribution is -2.45. The molecule has 0 aromatic heterocycles. The number of benzene rings is 1. The summed E-state index contributed by atoms with van der Waals surface area (Å²) < 4.78 is 25.5. The zero-order chi connectivity index (χ0) is 17.5. The van der Waals surface area contributed by atoms with Gasteiger partial charge >= 0.3 is 0 Å². The first kappa shape index (κ1) is 17.5. The highest BCUT2D eigenvalue weighted by atomic mass is 35.5. The predicted molar refractivity (Wildman–Crippen MR) is 95.8 cm³/mol. The highest BCUT2D eigenvalue weighted by Crippen LogP contribution is 2.44. The van der Waals surface area contributed by atoms with Gasteiger partial charge in [0.1, 0.15) is 6.54 Å². The number of nitrogens with zero attached hydrogens (tertiary/aromatic N) is 1. The molecule has 132 valence electrons. The van der Waals surface area contributed by atoms with Gasteiger partial charge in [-0.1, -0.05) is 24.1 Å². The van der Waals surface area contributed by atoms with E-state index < -0.39 is 10.0 Å². The summed E-state index contributed by atoms with van der Waals surface area (Å²) in [5.74, 6) is 1.03. The largest absolute Gasteiger partial charge is 0.352 e. The molecule has 0 spiro atoms. The molecule has 24 heavy (non-hydrogen) atoms. The predicted octanol–water partition coefficient (Wildman–Crippen LogP) is 2.72. The van der Waals surface area contributed by atoms with Crippen molar-refractivity contribution in [3.05, 3.63) is 28.8 Å². The van der Waals surface area contributed by atoms with Crippen LogP contribution in [-0.2, 0) is 14.8 Å². The average molecular weight is 371 g/mol. The summed E-state index contributed by atoms with van der Waals surface area (Å²) in [5, 5.41) is 3.48. The molecule has 1 aromatic carbocycles. The Balaban J connectivity index is 1.75. The SMILES string of the molecule is Cc1ccc(Cl)cc1N(CC(=O)N[C@H]1C[C@H]2CC[C@H]1C2)S(C)(=O)=O. The quantitative estimate of drug-likeness (QED) is 0.866. The number of anilines is 1. The van der Waals surface area contributed by atoms with Gasteiger partial charge in [-0.3, -0.25) is 9.10 Å². The Morgan fingerprint density at radius 2 is 2.08 bits per heavy atom. The Hall–Kier alpha value is -1.27. The number of hydrogen-bond acceptors (Lipinski definition) is 3. The van der Waals surface area contributed by atoms with E-state index in [0.29, 0.717) is 16.6 Å². The van der Waals surface area contributed by atoms with E-state index >= 15 is 0 Å². The molecule has 0 aliphatic heterocycles. The third-order valence-electron chi connectivity index (χ3n) is 5.21. The van der Waals surface area contributed by atoms with Crippen molar-refractivity contribution in [3.63, 3.8) is 0 Å². The number of nitrogens with one attached hydrogen (secondary N) is 1. The van der Waals surface area contributed by atoms with Crippen molar-refractivity contribution in [1.29, 1.82) is 0 Å². The molecule has 1 N–H and O–H groups in total. The van der Waals surface area contributed by atoms with E-state index in [1.807, 2.05) is 0 Å². The molecule has 1 amide bonds. The molecule has 0 radical (unpaired) electrons. The minimum absolute atomic E-state index is 0.193. The third kappa shape index (κ3) is 3.70. The fourth-order valence-corrected chi connectivity index (χ4v) is 5.11. The maximum atomic E-state index is 12.5. The highest BCUT2D eigenvalue weighted by Gasteiger charge is 2.40. The standard InChI is InChI=1S/C17H23ClN2O3S/c1-11-3-6-14(18)9-16(11)20(24(2,22)23)10-17(21)19-15-8-12-4-5-13(15)7-12/h3,6,9,12-13,15H,4-5,7-8,10H2,1-2H3,(H,19,21)/t12-,13-,15-/m0/s1. The number of sulfonamides is 1. The van der Waals surface area contributed by atoms with Crippen molar-refractivity contribution >= 4 is 33.2 Å². The average Bonchev–Trinajstić information content (AvgIpc) is 3.09. The second-order valence-corrected chi connectivity index (χ2v) is 9.39. The van der Waals surface area contributed by atoms with E-state index in [2.05, 4.69) is 5.32 Å². The fourth-order valence-electron chi connectivity index (χ4n) is 4.04. The van der Waals surface area contributed by atoms with Crippen molar-refractivity contribution in [3.8, 4) is 0 Å². The lowest BCUT2D eigenvalue weighted by atomic mass is 9.95. The molecule has 5 nitrogen and oxygen atoms in total. The maximum absolute atomic E-state index is 12.5. The van der Waals surface area contributed by atoms with E-state index in [1.54, 1.807) is 25.1 Å². The number of rotatable bonds is 5. The van der Waals surface area contributed by atoms with Crippen molar-refractivity contribution in [1.82, 2.24) is 5.32 Å². The molecular formula is C17H23ClN2O3S. The van der Waals surface area contributed by atoms with Crippen LogP contribution < -0.4 is 9.62 Å². The van der Waals surface area contributed by atoms with E-state index in [9.17, 15) is 13.2 Å². The first-order valence-corrected chi connectivity index (χ1v) is 10.5. The van der Waals surface area contributed by atoms with Gasteiger partial charge in [0.05, 0.1) is 11.9 Å². The van der Waals surface area contributed by atoms with Crippen molar-refractivity contribution in [2.24, 2.45) is 11.8 Å². The molecule has 3 atom stereocenters. The number of carbonyl (C=O) groups excluding carboxylic acids is 1. The van der Waals surface area contributed by atoms with Crippen LogP contribution in [0.15, 0.2) is 18.2 Å². The molecule has 1 aromatic rings. The van der Waals surface area contributed by atoms with Crippen molar-refractivity contribution in [2.75, 3.05) is 17.1 Å². The van der Waals surface area contributed by atoms with Gasteiger partial charge in [0, 0.05) is 11.1 Å². The van der Waals surface area contributed by atoms with Crippen LogP contribution in [0.4, 0.5) is 5.69 Å². The summed E-state index contributed by atoms with van der Waals surface area (Å²) in [6.07, 6.45) is 5.74. The van der Waals surface area contributed by atoms with E-state index in [0.717, 1.165) is 28.5 Å². The number of hydrogen-bond donors (Lipinski definition) is 1. The summed E-state index contributed by atoms with van der Waals surface area (Å²) in [6, 6.07) is 5.24. The van der Waals surface area contributed by atoms with Gasteiger partial charge in [-0.25, -0.2) is 8.42 Å². The highest BCUT2D eigenvalue weighted by molar-refractivity contribution is 7.92. The first-order valence-electron chi connectivity index (χ1n) is 8.27. The van der Waals surface area contributed by atoms with E-state index in [4.69, 9.17) is 11.6 Å². The van der Waals surface area contributed by atoms with E-state index in [1.165, 1.54) is 19.3 Å². The van der Waals surface area contributed by atoms with Crippen LogP contribution in [0.1, 0.15) is 31.2 Å². The fraction of sp³-hybridized carbons (Fsp3) is 0.588. The van der Waals surface area contributed by atoms with Gasteiger partial charge in [-0.15, -0.1) is 0 Å². The van der Waals surface area contributed by atoms with Crippen LogP contribution in [0.25, 0.3) is 0 Å². The molecular weight excluding hydrogens is 348 g/mol. The topological polar surface area (TPSA) is 66.5 Å². The van der Waals surface area contributed by atoms with Gasteiger partial charge in [-0.05, 0) is 55.7 Å². The lowest BCUT2D eigenvalue weighted by Gasteiger charge is -2.27. The van der Waals surface area contributed by atoms with Gasteiger partial charge in [0.25, 0.3) is 0 Å². The summed E-state index contributed by atoms with van der Waals surface area (Å²) in [6.45, 7) is 1.59. The molecule has 2 bridgehead atoms. The zero-order valence-electron chi connectivity index (χ0n) is 14.0. The Morgan fingerprint density at radius 3 is 2.67 bits per heavy atom. The van der Waals surface area contributed by atoms with Crippen LogP contribution in [0.3, 0.4) is 0 Å². The summed E-state index contributed by atoms with van der Waals surface area (Å²) in [7, 11) is -3.58. The number of amides is 1. The van der Waals surface area contributed by atoms with Gasteiger partial charge in [0.2, 0.25) is 15.9 Å². The number of aryl methyl sites for hydroxylation is 1. The summed E-state index contributed by atoms with van der Waals surface area (Å²) in [4.78, 5) is 12.5. The van der Waals surface area contributed by atoms with Crippen molar-refractivity contribution in [2.45, 2.75) is 38.6 Å². The Morgan fingerprint density at radius 1 is 1.33 bits per heavy atom. The molecule has 0 unspecified atom stereocenters. The molecule has 2 fully saturated rings. The van der Waals surface area contributed by atoms with Gasteiger partial charge in [-0.2, -0.15) is 0 Å². The molecule has 2 aliphatic carbocycles. The minimum Gasteiger partial charge on any atom is -0.352 e. The van der Waals surface area contributed by atoms with Crippen LogP contribution in [0.2, 0.25) is 5.02 Å². The van der Waals surface area contributed by atoms with Crippen molar-refractivity contribution < 1.29 is 13.2 Å². The zero-order valence-corrected chi connectivity index (χ0v) is 15.5.